The van der Waals surface area contributed by atoms with Crippen LogP contribution in [0.1, 0.15) is 26.5 Å². The lowest BCUT2D eigenvalue weighted by Crippen LogP contribution is -2.40. The van der Waals surface area contributed by atoms with Crippen LogP contribution < -0.4 is 0 Å². The molecule has 0 aromatic carbocycles. The number of hydrogen-bond acceptors (Lipinski definition) is 4. The summed E-state index contributed by atoms with van der Waals surface area (Å²) in [5.41, 5.74) is 3.04. The van der Waals surface area contributed by atoms with Gasteiger partial charge in [-0.15, -0.1) is 11.3 Å². The van der Waals surface area contributed by atoms with E-state index >= 15 is 0 Å². The molecular weight excluding hydrogens is 232 g/mol. The zero-order chi connectivity index (χ0) is 12.9. The summed E-state index contributed by atoms with van der Waals surface area (Å²) < 4.78 is 5.44. The molecule has 0 N–H and O–H groups in total. The second-order valence-electron chi connectivity index (χ2n) is 5.45. The van der Waals surface area contributed by atoms with Crippen molar-refractivity contribution < 1.29 is 4.74 Å². The molecule has 4 heteroatoms. The van der Waals surface area contributed by atoms with E-state index in [2.05, 4.69) is 43.1 Å². The monoisotopic (exact) mass is 256 g/mol. The SMILES string of the molecule is COC(C)(C)CN(C)CC(C)Cc1cscn1. The maximum absolute atomic E-state index is 5.44. The van der Waals surface area contributed by atoms with E-state index in [1.807, 2.05) is 5.51 Å². The Morgan fingerprint density at radius 1 is 1.53 bits per heavy atom. The third-order valence-electron chi connectivity index (χ3n) is 2.87. The van der Waals surface area contributed by atoms with Gasteiger partial charge in [-0.2, -0.15) is 0 Å². The van der Waals surface area contributed by atoms with Crippen LogP contribution in [0.25, 0.3) is 0 Å². The molecular formula is C13H24N2OS. The summed E-state index contributed by atoms with van der Waals surface area (Å²) in [6.07, 6.45) is 1.06. The second-order valence-corrected chi connectivity index (χ2v) is 6.17. The summed E-state index contributed by atoms with van der Waals surface area (Å²) in [5, 5.41) is 2.13. The van der Waals surface area contributed by atoms with Crippen molar-refractivity contribution in [3.05, 3.63) is 16.6 Å². The smallest absolute Gasteiger partial charge is 0.0794 e. The van der Waals surface area contributed by atoms with Crippen LogP contribution in [0, 0.1) is 5.92 Å². The van der Waals surface area contributed by atoms with Crippen molar-refractivity contribution in [2.45, 2.75) is 32.8 Å². The van der Waals surface area contributed by atoms with Gasteiger partial charge in [0.2, 0.25) is 0 Å². The largest absolute Gasteiger partial charge is 0.377 e. The van der Waals surface area contributed by atoms with Crippen molar-refractivity contribution in [2.24, 2.45) is 5.92 Å². The lowest BCUT2D eigenvalue weighted by Gasteiger charge is -2.30. The van der Waals surface area contributed by atoms with Crippen molar-refractivity contribution >= 4 is 11.3 Å². The van der Waals surface area contributed by atoms with E-state index in [1.165, 1.54) is 5.69 Å². The standard InChI is InChI=1S/C13H24N2OS/c1-11(6-12-8-17-10-14-12)7-15(4)9-13(2,3)16-5/h8,10-11H,6-7,9H2,1-5H3. The zero-order valence-electron chi connectivity index (χ0n) is 11.6. The highest BCUT2D eigenvalue weighted by atomic mass is 32.1. The van der Waals surface area contributed by atoms with Gasteiger partial charge in [-0.05, 0) is 33.2 Å². The van der Waals surface area contributed by atoms with Gasteiger partial charge in [0.15, 0.2) is 0 Å². The lowest BCUT2D eigenvalue weighted by atomic mass is 10.0. The molecule has 0 bridgehead atoms. The fourth-order valence-electron chi connectivity index (χ4n) is 2.07. The Labute approximate surface area is 109 Å². The van der Waals surface area contributed by atoms with E-state index in [9.17, 15) is 0 Å². The molecule has 17 heavy (non-hydrogen) atoms. The molecule has 1 atom stereocenters. The van der Waals surface area contributed by atoms with Crippen molar-refractivity contribution in [3.63, 3.8) is 0 Å². The van der Waals surface area contributed by atoms with Crippen molar-refractivity contribution in [1.29, 1.82) is 0 Å². The molecule has 0 saturated carbocycles. The third-order valence-corrected chi connectivity index (χ3v) is 3.50. The van der Waals surface area contributed by atoms with E-state index < -0.39 is 0 Å². The van der Waals surface area contributed by atoms with Crippen LogP contribution in [0.2, 0.25) is 0 Å². The van der Waals surface area contributed by atoms with Crippen LogP contribution in [-0.4, -0.2) is 42.7 Å². The van der Waals surface area contributed by atoms with Crippen molar-refractivity contribution in [2.75, 3.05) is 27.2 Å². The van der Waals surface area contributed by atoms with Gasteiger partial charge in [0.1, 0.15) is 0 Å². The number of hydrogen-bond donors (Lipinski definition) is 0. The number of methoxy groups -OCH3 is 1. The van der Waals surface area contributed by atoms with Crippen LogP contribution in [0.4, 0.5) is 0 Å². The fourth-order valence-corrected chi connectivity index (χ4v) is 2.64. The number of aromatic nitrogens is 1. The molecule has 1 rings (SSSR count). The van der Waals surface area contributed by atoms with Crippen LogP contribution in [0.3, 0.4) is 0 Å². The number of thiazole rings is 1. The van der Waals surface area contributed by atoms with Crippen LogP contribution in [0.5, 0.6) is 0 Å². The third kappa shape index (κ3) is 5.61. The Morgan fingerprint density at radius 3 is 2.76 bits per heavy atom. The fraction of sp³-hybridized carbons (Fsp3) is 0.769. The predicted octanol–water partition coefficient (Wildman–Crippen LogP) is 2.68. The first kappa shape index (κ1) is 14.6. The van der Waals surface area contributed by atoms with Gasteiger partial charge in [-0.3, -0.25) is 0 Å². The van der Waals surface area contributed by atoms with Gasteiger partial charge in [0, 0.05) is 25.6 Å². The molecule has 1 aromatic rings. The molecule has 1 aromatic heterocycles. The normalized spacial score (nSPS) is 14.2. The Bertz CT molecular complexity index is 311. The van der Waals surface area contributed by atoms with Gasteiger partial charge in [0.05, 0.1) is 16.8 Å². The number of ether oxygens (including phenoxy) is 1. The van der Waals surface area contributed by atoms with E-state index in [0.29, 0.717) is 5.92 Å². The lowest BCUT2D eigenvalue weighted by molar-refractivity contribution is -0.00418. The summed E-state index contributed by atoms with van der Waals surface area (Å²) in [4.78, 5) is 6.66. The average molecular weight is 256 g/mol. The molecule has 1 heterocycles. The Hall–Kier alpha value is -0.450. The topological polar surface area (TPSA) is 25.4 Å². The van der Waals surface area contributed by atoms with Gasteiger partial charge in [-0.1, -0.05) is 6.92 Å². The molecule has 0 spiro atoms. The molecule has 0 radical (unpaired) electrons. The van der Waals surface area contributed by atoms with E-state index in [4.69, 9.17) is 4.74 Å². The van der Waals surface area contributed by atoms with Crippen LogP contribution >= 0.6 is 11.3 Å². The van der Waals surface area contributed by atoms with Crippen LogP contribution in [-0.2, 0) is 11.2 Å². The van der Waals surface area contributed by atoms with Crippen molar-refractivity contribution in [1.82, 2.24) is 9.88 Å². The maximum Gasteiger partial charge on any atom is 0.0794 e. The number of nitrogens with zero attached hydrogens (tertiary/aromatic N) is 2. The van der Waals surface area contributed by atoms with E-state index in [1.54, 1.807) is 18.4 Å². The molecule has 0 aliphatic heterocycles. The molecule has 0 aliphatic carbocycles. The molecule has 1 unspecified atom stereocenters. The number of likely N-dealkylation sites (N-methyl/N-ethyl adjacent to an activating group) is 1. The molecule has 98 valence electrons. The summed E-state index contributed by atoms with van der Waals surface area (Å²) in [5.74, 6) is 0.620. The predicted molar refractivity (Wildman–Crippen MR) is 73.6 cm³/mol. The van der Waals surface area contributed by atoms with Gasteiger partial charge in [0.25, 0.3) is 0 Å². The highest BCUT2D eigenvalue weighted by Crippen LogP contribution is 2.13. The first-order valence-electron chi connectivity index (χ1n) is 6.03. The Balaban J connectivity index is 2.33. The van der Waals surface area contributed by atoms with Gasteiger partial charge in [-0.25, -0.2) is 4.98 Å². The summed E-state index contributed by atoms with van der Waals surface area (Å²) in [6, 6.07) is 0. The first-order chi connectivity index (χ1) is 7.93. The zero-order valence-corrected chi connectivity index (χ0v) is 12.4. The molecule has 0 saturated heterocycles. The average Bonchev–Trinajstić information content (AvgIpc) is 2.69. The Morgan fingerprint density at radius 2 is 2.24 bits per heavy atom. The highest BCUT2D eigenvalue weighted by molar-refractivity contribution is 7.07. The van der Waals surface area contributed by atoms with E-state index in [-0.39, 0.29) is 5.60 Å². The minimum absolute atomic E-state index is 0.0743. The maximum atomic E-state index is 5.44. The van der Waals surface area contributed by atoms with Gasteiger partial charge >= 0.3 is 0 Å². The molecule has 0 amide bonds. The second kappa shape index (κ2) is 6.47. The molecule has 3 nitrogen and oxygen atoms in total. The van der Waals surface area contributed by atoms with Gasteiger partial charge < -0.3 is 9.64 Å². The highest BCUT2D eigenvalue weighted by Gasteiger charge is 2.20. The summed E-state index contributed by atoms with van der Waals surface area (Å²) >= 11 is 1.67. The Kier molecular flexibility index (Phi) is 5.56. The van der Waals surface area contributed by atoms with Crippen molar-refractivity contribution in [3.8, 4) is 0 Å². The van der Waals surface area contributed by atoms with Crippen LogP contribution in [0.15, 0.2) is 10.9 Å². The summed E-state index contributed by atoms with van der Waals surface area (Å²) in [7, 11) is 3.92. The first-order valence-corrected chi connectivity index (χ1v) is 6.98. The minimum Gasteiger partial charge on any atom is -0.377 e. The number of rotatable bonds is 7. The quantitative estimate of drug-likeness (QED) is 0.750. The van der Waals surface area contributed by atoms with E-state index in [0.717, 1.165) is 19.5 Å². The minimum atomic E-state index is -0.0743. The molecule has 0 aliphatic rings. The molecule has 0 fully saturated rings. The summed E-state index contributed by atoms with van der Waals surface area (Å²) in [6.45, 7) is 8.54.